The van der Waals surface area contributed by atoms with Gasteiger partial charge in [-0.15, -0.1) is 22.7 Å². The lowest BCUT2D eigenvalue weighted by Gasteiger charge is -2.19. The Morgan fingerprint density at radius 1 is 0.942 bits per heavy atom. The number of H-pyrrole nitrogens is 1. The fraction of sp³-hybridized carbons (Fsp3) is 0.300. The Hall–Kier alpha value is -4.05. The number of fused-ring (bicyclic) bond motifs is 2. The monoisotopic (exact) mass is 832 g/mol. The topological polar surface area (TPSA) is 223 Å². The van der Waals surface area contributed by atoms with Gasteiger partial charge in [0, 0.05) is 54.1 Å². The SMILES string of the molecule is CC(C)(C)OC(=O)NCCn1c(=O)[nH]c2cccnc21.Cc1ccc(S(=O)(=O)Cl)s1.NCCn1c(=O)n(S(=O)(=O)c2ccc(Cl)s2)c2cccnc21. The summed E-state index contributed by atoms with van der Waals surface area (Å²) in [4.78, 5) is 47.7. The molecule has 16 nitrogen and oxygen atoms in total. The van der Waals surface area contributed by atoms with E-state index in [1.54, 1.807) is 51.2 Å². The third-order valence-corrected chi connectivity index (χ3v) is 13.0. The number of carbonyl (C=O) groups excluding carboxylic acids is 1. The average Bonchev–Trinajstić information content (AvgIpc) is 3.83. The number of ether oxygens (including phenoxy) is 1. The number of hydrogen-bond donors (Lipinski definition) is 3. The highest BCUT2D eigenvalue weighted by atomic mass is 35.7. The molecule has 0 fully saturated rings. The molecule has 0 aliphatic heterocycles. The van der Waals surface area contributed by atoms with Crippen molar-refractivity contribution in [1.82, 2.24) is 33.4 Å². The number of pyridine rings is 2. The van der Waals surface area contributed by atoms with E-state index < -0.39 is 36.5 Å². The second-order valence-corrected chi connectivity index (χ2v) is 19.4. The van der Waals surface area contributed by atoms with E-state index in [2.05, 4.69) is 20.3 Å². The largest absolute Gasteiger partial charge is 0.444 e. The minimum atomic E-state index is -4.04. The van der Waals surface area contributed by atoms with E-state index >= 15 is 0 Å². The molecule has 6 heterocycles. The predicted octanol–water partition coefficient (Wildman–Crippen LogP) is 4.34. The number of aromatic nitrogens is 6. The first-order chi connectivity index (χ1) is 24.3. The van der Waals surface area contributed by atoms with Crippen molar-refractivity contribution in [2.45, 2.75) is 54.8 Å². The number of rotatable bonds is 8. The van der Waals surface area contributed by atoms with Gasteiger partial charge in [-0.05, 0) is 76.2 Å². The van der Waals surface area contributed by atoms with Gasteiger partial charge in [0.2, 0.25) is 0 Å². The second kappa shape index (κ2) is 16.7. The van der Waals surface area contributed by atoms with Gasteiger partial charge in [-0.3, -0.25) is 9.13 Å². The van der Waals surface area contributed by atoms with Crippen molar-refractivity contribution in [1.29, 1.82) is 0 Å². The molecule has 0 unspecified atom stereocenters. The summed E-state index contributed by atoms with van der Waals surface area (Å²) >= 11 is 7.87. The van der Waals surface area contributed by atoms with Crippen LogP contribution in [0.25, 0.3) is 22.3 Å². The van der Waals surface area contributed by atoms with Crippen LogP contribution in [0.2, 0.25) is 4.34 Å². The normalized spacial score (nSPS) is 11.8. The van der Waals surface area contributed by atoms with E-state index in [9.17, 15) is 31.2 Å². The van der Waals surface area contributed by atoms with E-state index in [1.807, 2.05) is 6.92 Å². The highest BCUT2D eigenvalue weighted by Crippen LogP contribution is 2.28. The Labute approximate surface area is 315 Å². The lowest BCUT2D eigenvalue weighted by molar-refractivity contribution is 0.0526. The summed E-state index contributed by atoms with van der Waals surface area (Å²) in [6.07, 6.45) is 2.61. The third-order valence-electron chi connectivity index (χ3n) is 6.53. The first-order valence-corrected chi connectivity index (χ1v) is 20.9. The number of nitrogens with one attached hydrogen (secondary N) is 2. The quantitative estimate of drug-likeness (QED) is 0.183. The zero-order valence-electron chi connectivity index (χ0n) is 28.1. The van der Waals surface area contributed by atoms with Crippen LogP contribution in [0.1, 0.15) is 25.6 Å². The molecule has 0 atom stereocenters. The fourth-order valence-corrected chi connectivity index (χ4v) is 9.47. The number of imidazole rings is 2. The van der Waals surface area contributed by atoms with Crippen LogP contribution in [0.5, 0.6) is 0 Å². The molecular formula is C30H34Cl2N8O8S4. The molecule has 0 aliphatic carbocycles. The molecule has 6 rings (SSSR count). The summed E-state index contributed by atoms with van der Waals surface area (Å²) in [6.45, 7) is 8.20. The van der Waals surface area contributed by atoms with Gasteiger partial charge in [0.15, 0.2) is 11.3 Å². The van der Waals surface area contributed by atoms with Gasteiger partial charge in [0.05, 0.1) is 9.85 Å². The standard InChI is InChI=1S/C13H18N4O3.C12H11ClN4O3S2.C5H5ClO2S2/c1-13(2,3)20-12(19)15-7-8-17-10-9(16-11(17)18)5-4-6-14-10;13-9-3-4-10(21-9)22(19,20)17-8-2-1-6-15-11(8)16(7-5-14)12(17)18;1-4-2-3-5(9-4)10(6,7)8/h4-6H,7-8H2,1-3H3,(H,15,19)(H,16,18);1-4,6H,5,7,14H2;2-3H,1H3. The summed E-state index contributed by atoms with van der Waals surface area (Å²) in [5.41, 5.74) is 5.76. The molecule has 52 heavy (non-hydrogen) atoms. The van der Waals surface area contributed by atoms with Gasteiger partial charge >= 0.3 is 17.5 Å². The van der Waals surface area contributed by atoms with Gasteiger partial charge in [-0.1, -0.05) is 11.6 Å². The average molecular weight is 834 g/mol. The molecule has 0 aromatic carbocycles. The molecule has 4 N–H and O–H groups in total. The fourth-order valence-electron chi connectivity index (χ4n) is 4.47. The van der Waals surface area contributed by atoms with Gasteiger partial charge in [0.25, 0.3) is 19.1 Å². The zero-order chi connectivity index (χ0) is 38.4. The molecule has 0 spiro atoms. The van der Waals surface area contributed by atoms with Gasteiger partial charge in [0.1, 0.15) is 19.5 Å². The zero-order valence-corrected chi connectivity index (χ0v) is 32.8. The third kappa shape index (κ3) is 10.1. The van der Waals surface area contributed by atoms with Crippen LogP contribution >= 0.6 is 45.0 Å². The van der Waals surface area contributed by atoms with E-state index in [-0.39, 0.29) is 38.4 Å². The van der Waals surface area contributed by atoms with Gasteiger partial charge in [-0.25, -0.2) is 32.8 Å². The second-order valence-electron chi connectivity index (χ2n) is 11.6. The van der Waals surface area contributed by atoms with Crippen molar-refractivity contribution in [3.8, 4) is 0 Å². The number of aryl methyl sites for hydroxylation is 1. The Balaban J connectivity index is 0.000000186. The molecule has 0 saturated carbocycles. The minimum absolute atomic E-state index is 0.00440. The Bertz CT molecular complexity index is 2530. The van der Waals surface area contributed by atoms with Crippen molar-refractivity contribution < 1.29 is 26.4 Å². The van der Waals surface area contributed by atoms with E-state index in [4.69, 9.17) is 32.8 Å². The van der Waals surface area contributed by atoms with E-state index in [0.717, 1.165) is 20.2 Å². The summed E-state index contributed by atoms with van der Waals surface area (Å²) in [5.74, 6) is 0. The number of carbonyl (C=O) groups is 1. The number of thiophene rings is 2. The lowest BCUT2D eigenvalue weighted by atomic mass is 10.2. The number of alkyl carbamates (subject to hydrolysis) is 1. The van der Waals surface area contributed by atoms with Crippen molar-refractivity contribution in [3.05, 3.63) is 91.1 Å². The van der Waals surface area contributed by atoms with Gasteiger partial charge < -0.3 is 20.8 Å². The number of nitrogens with two attached hydrogens (primary N) is 1. The number of aromatic amines is 1. The molecule has 1 amide bonds. The van der Waals surface area contributed by atoms with Crippen LogP contribution in [0.15, 0.2) is 78.9 Å². The summed E-state index contributed by atoms with van der Waals surface area (Å²) in [6, 6.07) is 12.7. The van der Waals surface area contributed by atoms with Crippen molar-refractivity contribution >= 4 is 92.5 Å². The molecule has 0 radical (unpaired) electrons. The molecule has 6 aromatic heterocycles. The van der Waals surface area contributed by atoms with Crippen LogP contribution in [0, 0.1) is 6.92 Å². The first kappa shape index (κ1) is 40.7. The van der Waals surface area contributed by atoms with Crippen molar-refractivity contribution in [3.63, 3.8) is 0 Å². The van der Waals surface area contributed by atoms with Crippen LogP contribution in [0.3, 0.4) is 0 Å². The molecule has 280 valence electrons. The summed E-state index contributed by atoms with van der Waals surface area (Å²) in [7, 11) is -2.47. The van der Waals surface area contributed by atoms with Crippen LogP contribution < -0.4 is 22.4 Å². The molecule has 6 aromatic rings. The summed E-state index contributed by atoms with van der Waals surface area (Å²) < 4.78 is 55.9. The smallest absolute Gasteiger partial charge is 0.407 e. The first-order valence-electron chi connectivity index (χ1n) is 15.1. The maximum atomic E-state index is 12.7. The Kier molecular flexibility index (Phi) is 13.1. The number of hydrogen-bond acceptors (Lipinski definition) is 13. The molecular weight excluding hydrogens is 800 g/mol. The van der Waals surface area contributed by atoms with E-state index in [1.165, 1.54) is 50.9 Å². The van der Waals surface area contributed by atoms with Crippen molar-refractivity contribution in [2.75, 3.05) is 13.1 Å². The van der Waals surface area contributed by atoms with Crippen LogP contribution in [0.4, 0.5) is 4.79 Å². The number of amides is 1. The molecule has 22 heteroatoms. The van der Waals surface area contributed by atoms with Gasteiger partial charge in [-0.2, -0.15) is 12.4 Å². The lowest BCUT2D eigenvalue weighted by Crippen LogP contribution is -2.35. The maximum absolute atomic E-state index is 12.7. The van der Waals surface area contributed by atoms with Crippen LogP contribution in [-0.2, 0) is 36.9 Å². The number of halogens is 2. The van der Waals surface area contributed by atoms with E-state index in [0.29, 0.717) is 28.6 Å². The maximum Gasteiger partial charge on any atom is 0.407 e. The molecule has 0 bridgehead atoms. The highest BCUT2D eigenvalue weighted by Gasteiger charge is 2.27. The Morgan fingerprint density at radius 2 is 1.60 bits per heavy atom. The molecule has 0 aliphatic rings. The molecule has 0 saturated heterocycles. The van der Waals surface area contributed by atoms with Crippen LogP contribution in [-0.4, -0.2) is 69.7 Å². The number of nitrogens with zero attached hydrogens (tertiary/aromatic N) is 5. The minimum Gasteiger partial charge on any atom is -0.444 e. The Morgan fingerprint density at radius 3 is 2.15 bits per heavy atom. The summed E-state index contributed by atoms with van der Waals surface area (Å²) in [5, 5.41) is 2.61. The van der Waals surface area contributed by atoms with Crippen molar-refractivity contribution in [2.24, 2.45) is 5.73 Å². The highest BCUT2D eigenvalue weighted by molar-refractivity contribution is 8.15. The predicted molar refractivity (Wildman–Crippen MR) is 202 cm³/mol.